The van der Waals surface area contributed by atoms with Crippen molar-refractivity contribution in [2.45, 2.75) is 19.0 Å². The molecule has 0 saturated heterocycles. The van der Waals surface area contributed by atoms with Gasteiger partial charge in [0.15, 0.2) is 0 Å². The molecule has 0 bridgehead atoms. The molecule has 7 heteroatoms. The van der Waals surface area contributed by atoms with E-state index in [1.54, 1.807) is 30.3 Å². The van der Waals surface area contributed by atoms with Gasteiger partial charge in [0, 0.05) is 24.8 Å². The third-order valence-electron chi connectivity index (χ3n) is 5.19. The highest BCUT2D eigenvalue weighted by molar-refractivity contribution is 6.01. The summed E-state index contributed by atoms with van der Waals surface area (Å²) in [7, 11) is 1.62. The largest absolute Gasteiger partial charge is 0.497 e. The molecule has 0 radical (unpaired) electrons. The molecule has 31 heavy (non-hydrogen) atoms. The van der Waals surface area contributed by atoms with Crippen LogP contribution in [0.5, 0.6) is 5.75 Å². The Hall–Kier alpha value is -3.87. The number of methoxy groups -OCH3 is 1. The van der Waals surface area contributed by atoms with Gasteiger partial charge in [0.2, 0.25) is 5.91 Å². The second kappa shape index (κ2) is 9.30. The summed E-state index contributed by atoms with van der Waals surface area (Å²) in [6, 6.07) is 20.5. The summed E-state index contributed by atoms with van der Waals surface area (Å²) < 4.78 is 5.25. The van der Waals surface area contributed by atoms with Crippen LogP contribution in [0.1, 0.15) is 34.9 Å². The van der Waals surface area contributed by atoms with Crippen LogP contribution in [-0.2, 0) is 4.79 Å². The molecule has 7 nitrogen and oxygen atoms in total. The van der Waals surface area contributed by atoms with Gasteiger partial charge in [-0.3, -0.25) is 9.59 Å². The van der Waals surface area contributed by atoms with Gasteiger partial charge in [0.1, 0.15) is 17.7 Å². The molecular formula is C24H24N4O3. The van der Waals surface area contributed by atoms with Gasteiger partial charge >= 0.3 is 0 Å². The maximum Gasteiger partial charge on any atom is 0.257 e. The number of para-hydroxylation sites is 1. The Kier molecular flexibility index (Phi) is 6.12. The fourth-order valence-electron chi connectivity index (χ4n) is 3.62. The number of rotatable bonds is 7. The number of aromatic nitrogens is 1. The quantitative estimate of drug-likeness (QED) is 0.607. The molecule has 2 N–H and O–H groups in total. The van der Waals surface area contributed by atoms with E-state index >= 15 is 0 Å². The fraction of sp³-hybridized carbons (Fsp3) is 0.208. The summed E-state index contributed by atoms with van der Waals surface area (Å²) in [5, 5.41) is 6.24. The number of anilines is 2. The summed E-state index contributed by atoms with van der Waals surface area (Å²) in [5.74, 6) is 1.09. The summed E-state index contributed by atoms with van der Waals surface area (Å²) in [6.07, 6.45) is 2.12. The summed E-state index contributed by atoms with van der Waals surface area (Å²) in [6.45, 7) is 0.437. The van der Waals surface area contributed by atoms with Crippen LogP contribution in [0.4, 0.5) is 11.5 Å². The molecule has 2 heterocycles. The van der Waals surface area contributed by atoms with Gasteiger partial charge in [-0.1, -0.05) is 30.3 Å². The van der Waals surface area contributed by atoms with Crippen molar-refractivity contribution in [3.8, 4) is 5.75 Å². The average molecular weight is 416 g/mol. The van der Waals surface area contributed by atoms with Crippen LogP contribution in [0.25, 0.3) is 0 Å². The average Bonchev–Trinajstić information content (AvgIpc) is 2.81. The van der Waals surface area contributed by atoms with Crippen molar-refractivity contribution < 1.29 is 14.3 Å². The van der Waals surface area contributed by atoms with Crippen LogP contribution in [0.15, 0.2) is 72.9 Å². The number of fused-ring (bicyclic) bond motifs is 1. The van der Waals surface area contributed by atoms with E-state index in [9.17, 15) is 9.59 Å². The number of amides is 2. The molecule has 158 valence electrons. The number of hydrogen-bond acceptors (Lipinski definition) is 5. The molecule has 4 rings (SSSR count). The second-order valence-corrected chi connectivity index (χ2v) is 7.23. The highest BCUT2D eigenvalue weighted by atomic mass is 16.5. The van der Waals surface area contributed by atoms with E-state index in [1.165, 1.54) is 0 Å². The van der Waals surface area contributed by atoms with Crippen LogP contribution < -0.4 is 15.4 Å². The third kappa shape index (κ3) is 4.66. The number of hydrogen-bond donors (Lipinski definition) is 2. The van der Waals surface area contributed by atoms with Crippen LogP contribution in [0.2, 0.25) is 0 Å². The monoisotopic (exact) mass is 416 g/mol. The van der Waals surface area contributed by atoms with E-state index in [0.717, 1.165) is 17.0 Å². The lowest BCUT2D eigenvalue weighted by Crippen LogP contribution is -2.43. The minimum atomic E-state index is -0.327. The SMILES string of the molecule is COc1ccc([C@H]2Nc3ccccc3C(=O)N2CCCC(=O)Nc2ccccn2)cc1. The number of pyridine rings is 1. The minimum Gasteiger partial charge on any atom is -0.497 e. The number of ether oxygens (including phenoxy) is 1. The lowest BCUT2D eigenvalue weighted by atomic mass is 10.0. The van der Waals surface area contributed by atoms with Crippen LogP contribution >= 0.6 is 0 Å². The van der Waals surface area contributed by atoms with Crippen molar-refractivity contribution in [3.05, 3.63) is 84.1 Å². The van der Waals surface area contributed by atoms with Crippen LogP contribution in [-0.4, -0.2) is 35.4 Å². The van der Waals surface area contributed by atoms with Gasteiger partial charge in [-0.15, -0.1) is 0 Å². The molecule has 0 aliphatic carbocycles. The van der Waals surface area contributed by atoms with Gasteiger partial charge < -0.3 is 20.3 Å². The van der Waals surface area contributed by atoms with E-state index in [4.69, 9.17) is 4.74 Å². The molecule has 1 aromatic heterocycles. The summed E-state index contributed by atoms with van der Waals surface area (Å²) >= 11 is 0. The Bertz CT molecular complexity index is 1050. The number of carbonyl (C=O) groups is 2. The van der Waals surface area contributed by atoms with Crippen molar-refractivity contribution in [1.29, 1.82) is 0 Å². The molecule has 0 spiro atoms. The first-order valence-electron chi connectivity index (χ1n) is 10.2. The zero-order chi connectivity index (χ0) is 21.6. The maximum atomic E-state index is 13.2. The van der Waals surface area contributed by atoms with Crippen LogP contribution in [0, 0.1) is 0 Å². The molecule has 0 unspecified atom stereocenters. The van der Waals surface area contributed by atoms with Crippen molar-refractivity contribution in [1.82, 2.24) is 9.88 Å². The Morgan fingerprint density at radius 1 is 1.10 bits per heavy atom. The molecule has 3 aromatic rings. The first-order valence-corrected chi connectivity index (χ1v) is 10.2. The third-order valence-corrected chi connectivity index (χ3v) is 5.19. The smallest absolute Gasteiger partial charge is 0.257 e. The Labute approximate surface area is 181 Å². The zero-order valence-corrected chi connectivity index (χ0v) is 17.2. The standard InChI is InChI=1S/C24H24N4O3/c1-31-18-13-11-17(12-14-18)23-26-20-8-3-2-7-19(20)24(30)28(23)16-6-10-22(29)27-21-9-4-5-15-25-21/h2-5,7-9,11-15,23,26H,6,10,16H2,1H3,(H,25,27,29)/t23-/m0/s1. The first kappa shape index (κ1) is 20.4. The van der Waals surface area contributed by atoms with Gasteiger partial charge in [-0.05, 0) is 48.4 Å². The molecule has 0 fully saturated rings. The predicted octanol–water partition coefficient (Wildman–Crippen LogP) is 4.08. The number of carbonyl (C=O) groups excluding carboxylic acids is 2. The Balaban J connectivity index is 1.48. The minimum absolute atomic E-state index is 0.0553. The van der Waals surface area contributed by atoms with Crippen molar-refractivity contribution in [3.63, 3.8) is 0 Å². The first-order chi connectivity index (χ1) is 15.2. The Morgan fingerprint density at radius 2 is 1.87 bits per heavy atom. The lowest BCUT2D eigenvalue weighted by Gasteiger charge is -2.38. The zero-order valence-electron chi connectivity index (χ0n) is 17.2. The highest BCUT2D eigenvalue weighted by Gasteiger charge is 2.32. The Morgan fingerprint density at radius 3 is 2.61 bits per heavy atom. The van der Waals surface area contributed by atoms with Gasteiger partial charge in [-0.2, -0.15) is 0 Å². The summed E-state index contributed by atoms with van der Waals surface area (Å²) in [4.78, 5) is 31.4. The maximum absolute atomic E-state index is 13.2. The van der Waals surface area contributed by atoms with Gasteiger partial charge in [0.05, 0.1) is 12.7 Å². The molecule has 1 aliphatic heterocycles. The lowest BCUT2D eigenvalue weighted by molar-refractivity contribution is -0.116. The van der Waals surface area contributed by atoms with E-state index in [1.807, 2.05) is 54.6 Å². The second-order valence-electron chi connectivity index (χ2n) is 7.23. The van der Waals surface area contributed by atoms with E-state index in [0.29, 0.717) is 24.3 Å². The van der Waals surface area contributed by atoms with Gasteiger partial charge in [0.25, 0.3) is 5.91 Å². The van der Waals surface area contributed by atoms with Crippen molar-refractivity contribution >= 4 is 23.3 Å². The van der Waals surface area contributed by atoms with Crippen LogP contribution in [0.3, 0.4) is 0 Å². The topological polar surface area (TPSA) is 83.6 Å². The normalized spacial score (nSPS) is 15.1. The molecule has 2 aromatic carbocycles. The molecule has 1 aliphatic rings. The van der Waals surface area contributed by atoms with E-state index in [-0.39, 0.29) is 24.4 Å². The summed E-state index contributed by atoms with van der Waals surface area (Å²) in [5.41, 5.74) is 2.38. The fourth-order valence-corrected chi connectivity index (χ4v) is 3.62. The number of nitrogens with one attached hydrogen (secondary N) is 2. The predicted molar refractivity (Wildman–Crippen MR) is 119 cm³/mol. The number of benzene rings is 2. The molecule has 0 saturated carbocycles. The highest BCUT2D eigenvalue weighted by Crippen LogP contribution is 2.33. The molecule has 2 amide bonds. The van der Waals surface area contributed by atoms with Crippen molar-refractivity contribution in [2.24, 2.45) is 0 Å². The molecular weight excluding hydrogens is 392 g/mol. The van der Waals surface area contributed by atoms with E-state index < -0.39 is 0 Å². The molecule has 1 atom stereocenters. The van der Waals surface area contributed by atoms with Gasteiger partial charge in [-0.25, -0.2) is 4.98 Å². The van der Waals surface area contributed by atoms with Crippen molar-refractivity contribution in [2.75, 3.05) is 24.3 Å². The number of nitrogens with zero attached hydrogens (tertiary/aromatic N) is 2. The van der Waals surface area contributed by atoms with E-state index in [2.05, 4.69) is 15.6 Å².